The number of carbonyl (C=O) groups is 1. The van der Waals surface area contributed by atoms with Crippen LogP contribution in [-0.4, -0.2) is 49.4 Å². The summed E-state index contributed by atoms with van der Waals surface area (Å²) in [6.07, 6.45) is 1.98. The maximum absolute atomic E-state index is 12.2. The summed E-state index contributed by atoms with van der Waals surface area (Å²) in [5.41, 5.74) is 0.863. The van der Waals surface area contributed by atoms with Gasteiger partial charge in [-0.2, -0.15) is 0 Å². The van der Waals surface area contributed by atoms with E-state index in [9.17, 15) is 4.79 Å². The number of halogens is 1. The summed E-state index contributed by atoms with van der Waals surface area (Å²) in [5.74, 6) is -0.264. The van der Waals surface area contributed by atoms with Crippen LogP contribution in [0, 0.1) is 0 Å². The van der Waals surface area contributed by atoms with Crippen LogP contribution in [0.2, 0.25) is 5.02 Å². The van der Waals surface area contributed by atoms with Gasteiger partial charge in [-0.3, -0.25) is 4.79 Å². The third kappa shape index (κ3) is 3.54. The Morgan fingerprint density at radius 1 is 1.23 bits per heavy atom. The molecule has 0 aliphatic carbocycles. The van der Waals surface area contributed by atoms with Crippen LogP contribution >= 0.6 is 11.6 Å². The van der Waals surface area contributed by atoms with Crippen molar-refractivity contribution in [3.63, 3.8) is 0 Å². The van der Waals surface area contributed by atoms with E-state index >= 15 is 0 Å². The van der Waals surface area contributed by atoms with Crippen LogP contribution in [0.25, 0.3) is 0 Å². The maximum Gasteiger partial charge on any atom is 0.224 e. The molecule has 1 N–H and O–H groups in total. The molecule has 5 nitrogen and oxygen atoms in total. The summed E-state index contributed by atoms with van der Waals surface area (Å²) >= 11 is 6.07. The minimum Gasteiger partial charge on any atom is -0.383 e. The highest BCUT2D eigenvalue weighted by atomic mass is 35.5. The van der Waals surface area contributed by atoms with E-state index in [-0.39, 0.29) is 5.91 Å². The van der Waals surface area contributed by atoms with Gasteiger partial charge < -0.3 is 19.7 Å². The van der Waals surface area contributed by atoms with Crippen molar-refractivity contribution < 1.29 is 14.3 Å². The van der Waals surface area contributed by atoms with E-state index in [1.54, 1.807) is 0 Å². The van der Waals surface area contributed by atoms with Gasteiger partial charge in [-0.25, -0.2) is 0 Å². The standard InChI is InChI=1S/C16H21ClN2O3/c17-13-3-1-2-4-14(13)18-8-5-15(20)19-9-6-16(7-10-19)21-11-12-22-16/h1-4,18H,5-12H2. The summed E-state index contributed by atoms with van der Waals surface area (Å²) in [5, 5.41) is 3.87. The Morgan fingerprint density at radius 3 is 2.59 bits per heavy atom. The van der Waals surface area contributed by atoms with E-state index < -0.39 is 5.79 Å². The predicted molar refractivity (Wildman–Crippen MR) is 85.0 cm³/mol. The van der Waals surface area contributed by atoms with E-state index in [1.807, 2.05) is 29.2 Å². The molecule has 1 aromatic rings. The second-order valence-corrected chi connectivity index (χ2v) is 6.05. The molecule has 3 rings (SSSR count). The molecule has 2 aliphatic rings. The highest BCUT2D eigenvalue weighted by molar-refractivity contribution is 6.33. The first kappa shape index (κ1) is 15.6. The fourth-order valence-electron chi connectivity index (χ4n) is 2.95. The molecule has 22 heavy (non-hydrogen) atoms. The van der Waals surface area contributed by atoms with Crippen LogP contribution in [0.1, 0.15) is 19.3 Å². The molecule has 0 radical (unpaired) electrons. The number of hydrogen-bond acceptors (Lipinski definition) is 4. The van der Waals surface area contributed by atoms with Crippen molar-refractivity contribution in [2.24, 2.45) is 0 Å². The van der Waals surface area contributed by atoms with Gasteiger partial charge in [0, 0.05) is 38.9 Å². The van der Waals surface area contributed by atoms with E-state index in [1.165, 1.54) is 0 Å². The smallest absolute Gasteiger partial charge is 0.224 e. The number of nitrogens with one attached hydrogen (secondary N) is 1. The molecule has 2 heterocycles. The molecule has 6 heteroatoms. The average Bonchev–Trinajstić information content (AvgIpc) is 2.98. The number of likely N-dealkylation sites (tertiary alicyclic amines) is 1. The van der Waals surface area contributed by atoms with E-state index in [0.717, 1.165) is 18.5 Å². The van der Waals surface area contributed by atoms with Gasteiger partial charge in [-0.1, -0.05) is 23.7 Å². The lowest BCUT2D eigenvalue weighted by Crippen LogP contribution is -2.47. The minimum atomic E-state index is -0.424. The highest BCUT2D eigenvalue weighted by Crippen LogP contribution is 2.31. The van der Waals surface area contributed by atoms with Gasteiger partial charge in [-0.15, -0.1) is 0 Å². The summed E-state index contributed by atoms with van der Waals surface area (Å²) < 4.78 is 11.3. The van der Waals surface area contributed by atoms with Gasteiger partial charge in [0.05, 0.1) is 23.9 Å². The zero-order valence-corrected chi connectivity index (χ0v) is 13.3. The summed E-state index contributed by atoms with van der Waals surface area (Å²) in [6.45, 7) is 3.30. The highest BCUT2D eigenvalue weighted by Gasteiger charge is 2.40. The van der Waals surface area contributed by atoms with Crippen molar-refractivity contribution in [2.45, 2.75) is 25.0 Å². The number of ether oxygens (including phenoxy) is 2. The first-order chi connectivity index (χ1) is 10.7. The first-order valence-electron chi connectivity index (χ1n) is 7.73. The van der Waals surface area contributed by atoms with Crippen molar-refractivity contribution in [3.05, 3.63) is 29.3 Å². The fraction of sp³-hybridized carbons (Fsp3) is 0.562. The Hall–Kier alpha value is -1.30. The fourth-order valence-corrected chi connectivity index (χ4v) is 3.15. The molecule has 1 amide bonds. The molecule has 1 spiro atoms. The Labute approximate surface area is 135 Å². The van der Waals surface area contributed by atoms with Crippen LogP contribution in [0.5, 0.6) is 0 Å². The van der Waals surface area contributed by atoms with Crippen molar-refractivity contribution in [2.75, 3.05) is 38.2 Å². The maximum atomic E-state index is 12.2. The van der Waals surface area contributed by atoms with Gasteiger partial charge in [0.1, 0.15) is 0 Å². The van der Waals surface area contributed by atoms with Crippen LogP contribution in [0.4, 0.5) is 5.69 Å². The molecule has 2 aliphatic heterocycles. The molecule has 0 atom stereocenters. The third-order valence-corrected chi connectivity index (χ3v) is 4.55. The van der Waals surface area contributed by atoms with Crippen molar-refractivity contribution in [1.82, 2.24) is 4.90 Å². The summed E-state index contributed by atoms with van der Waals surface area (Å²) in [7, 11) is 0. The Balaban J connectivity index is 1.42. The third-order valence-electron chi connectivity index (χ3n) is 4.22. The SMILES string of the molecule is O=C(CCNc1ccccc1Cl)N1CCC2(CC1)OCCO2. The normalized spacial score (nSPS) is 20.3. The molecule has 0 bridgehead atoms. The zero-order chi connectivity index (χ0) is 15.4. The number of rotatable bonds is 4. The van der Waals surface area contributed by atoms with Gasteiger partial charge in [0.2, 0.25) is 5.91 Å². The Morgan fingerprint density at radius 2 is 1.91 bits per heavy atom. The lowest BCUT2D eigenvalue weighted by Gasteiger charge is -2.37. The number of hydrogen-bond donors (Lipinski definition) is 1. The quantitative estimate of drug-likeness (QED) is 0.924. The molecule has 0 aromatic heterocycles. The van der Waals surface area contributed by atoms with E-state index in [4.69, 9.17) is 21.1 Å². The Bertz CT molecular complexity index is 522. The van der Waals surface area contributed by atoms with Crippen LogP contribution < -0.4 is 5.32 Å². The van der Waals surface area contributed by atoms with E-state index in [2.05, 4.69) is 5.32 Å². The summed E-state index contributed by atoms with van der Waals surface area (Å²) in [6, 6.07) is 7.54. The number of benzene rings is 1. The van der Waals surface area contributed by atoms with Crippen molar-refractivity contribution >= 4 is 23.2 Å². The van der Waals surface area contributed by atoms with Gasteiger partial charge in [0.25, 0.3) is 0 Å². The molecule has 1 aromatic carbocycles. The minimum absolute atomic E-state index is 0.160. The monoisotopic (exact) mass is 324 g/mol. The first-order valence-corrected chi connectivity index (χ1v) is 8.10. The van der Waals surface area contributed by atoms with Gasteiger partial charge >= 0.3 is 0 Å². The van der Waals surface area contributed by atoms with E-state index in [0.29, 0.717) is 44.3 Å². The molecular formula is C16H21ClN2O3. The number of amides is 1. The average molecular weight is 325 g/mol. The second-order valence-electron chi connectivity index (χ2n) is 5.65. The van der Waals surface area contributed by atoms with Crippen molar-refractivity contribution in [1.29, 1.82) is 0 Å². The zero-order valence-electron chi connectivity index (χ0n) is 12.5. The van der Waals surface area contributed by atoms with Crippen molar-refractivity contribution in [3.8, 4) is 0 Å². The molecule has 0 unspecified atom stereocenters. The number of piperidine rings is 1. The number of carbonyl (C=O) groups excluding carboxylic acids is 1. The molecule has 2 fully saturated rings. The predicted octanol–water partition coefficient (Wildman–Crippen LogP) is 2.51. The lowest BCUT2D eigenvalue weighted by molar-refractivity contribution is -0.187. The second kappa shape index (κ2) is 6.86. The number of para-hydroxylation sites is 1. The Kier molecular flexibility index (Phi) is 4.86. The number of nitrogens with zero attached hydrogens (tertiary/aromatic N) is 1. The molecule has 2 saturated heterocycles. The summed E-state index contributed by atoms with van der Waals surface area (Å²) in [4.78, 5) is 14.1. The van der Waals surface area contributed by atoms with Crippen LogP contribution in [0.15, 0.2) is 24.3 Å². The molecule has 0 saturated carbocycles. The van der Waals surface area contributed by atoms with Gasteiger partial charge in [-0.05, 0) is 12.1 Å². The van der Waals surface area contributed by atoms with Crippen LogP contribution in [0.3, 0.4) is 0 Å². The lowest BCUT2D eigenvalue weighted by atomic mass is 10.0. The largest absolute Gasteiger partial charge is 0.383 e. The van der Waals surface area contributed by atoms with Crippen LogP contribution in [-0.2, 0) is 14.3 Å². The number of anilines is 1. The van der Waals surface area contributed by atoms with Gasteiger partial charge in [0.15, 0.2) is 5.79 Å². The topological polar surface area (TPSA) is 50.8 Å². The molecule has 120 valence electrons. The molecular weight excluding hydrogens is 304 g/mol.